The van der Waals surface area contributed by atoms with Gasteiger partial charge < -0.3 is 15.3 Å². The SMILES string of the molecule is CCC(C)C(NC(=O)N1CCc2sccc2C1)C(=O)O. The van der Waals surface area contributed by atoms with E-state index in [9.17, 15) is 14.7 Å². The van der Waals surface area contributed by atoms with E-state index >= 15 is 0 Å². The van der Waals surface area contributed by atoms with Gasteiger partial charge >= 0.3 is 12.0 Å². The lowest BCUT2D eigenvalue weighted by molar-refractivity contribution is -0.140. The number of nitrogens with one attached hydrogen (secondary N) is 1. The van der Waals surface area contributed by atoms with Gasteiger partial charge in [0.25, 0.3) is 0 Å². The van der Waals surface area contributed by atoms with Crippen molar-refractivity contribution in [3.63, 3.8) is 0 Å². The number of hydrogen-bond acceptors (Lipinski definition) is 3. The van der Waals surface area contributed by atoms with E-state index in [1.807, 2.05) is 25.3 Å². The first kappa shape index (κ1) is 14.8. The highest BCUT2D eigenvalue weighted by molar-refractivity contribution is 7.10. The Kier molecular flexibility index (Phi) is 4.65. The third kappa shape index (κ3) is 3.12. The van der Waals surface area contributed by atoms with Crippen LogP contribution < -0.4 is 5.32 Å². The van der Waals surface area contributed by atoms with E-state index in [1.54, 1.807) is 16.2 Å². The summed E-state index contributed by atoms with van der Waals surface area (Å²) < 4.78 is 0. The largest absolute Gasteiger partial charge is 0.480 e. The maximum atomic E-state index is 12.2. The summed E-state index contributed by atoms with van der Waals surface area (Å²) in [6.45, 7) is 4.97. The van der Waals surface area contributed by atoms with Gasteiger partial charge in [-0.05, 0) is 29.3 Å². The molecule has 6 heteroatoms. The van der Waals surface area contributed by atoms with Crippen molar-refractivity contribution in [2.45, 2.75) is 39.3 Å². The molecular formula is C14H20N2O3S. The molecule has 1 aromatic rings. The first-order chi connectivity index (χ1) is 9.52. The zero-order chi connectivity index (χ0) is 14.7. The topological polar surface area (TPSA) is 69.6 Å². The van der Waals surface area contributed by atoms with Crippen molar-refractivity contribution >= 4 is 23.3 Å². The van der Waals surface area contributed by atoms with Gasteiger partial charge in [-0.15, -0.1) is 11.3 Å². The Morgan fingerprint density at radius 2 is 2.30 bits per heavy atom. The maximum Gasteiger partial charge on any atom is 0.326 e. The summed E-state index contributed by atoms with van der Waals surface area (Å²) in [5.74, 6) is -1.06. The van der Waals surface area contributed by atoms with E-state index in [0.717, 1.165) is 6.42 Å². The molecule has 2 amide bonds. The smallest absolute Gasteiger partial charge is 0.326 e. The van der Waals surface area contributed by atoms with Gasteiger partial charge in [-0.3, -0.25) is 0 Å². The lowest BCUT2D eigenvalue weighted by atomic mass is 9.99. The molecule has 2 atom stereocenters. The quantitative estimate of drug-likeness (QED) is 0.896. The van der Waals surface area contributed by atoms with Crippen LogP contribution in [0.5, 0.6) is 0 Å². The third-order valence-corrected chi connectivity index (χ3v) is 4.88. The van der Waals surface area contributed by atoms with Crippen LogP contribution in [0.4, 0.5) is 4.79 Å². The van der Waals surface area contributed by atoms with Crippen LogP contribution in [-0.2, 0) is 17.8 Å². The number of carbonyl (C=O) groups is 2. The van der Waals surface area contributed by atoms with Crippen LogP contribution in [0.25, 0.3) is 0 Å². The standard InChI is InChI=1S/C14H20N2O3S/c1-3-9(2)12(13(17)18)15-14(19)16-6-4-11-10(8-16)5-7-20-11/h5,7,9,12H,3-4,6,8H2,1-2H3,(H,15,19)(H,17,18). The second kappa shape index (κ2) is 6.26. The van der Waals surface area contributed by atoms with Crippen LogP contribution in [0.15, 0.2) is 11.4 Å². The summed E-state index contributed by atoms with van der Waals surface area (Å²) in [5.41, 5.74) is 1.17. The van der Waals surface area contributed by atoms with Crippen LogP contribution >= 0.6 is 11.3 Å². The average Bonchev–Trinajstić information content (AvgIpc) is 2.90. The molecule has 110 valence electrons. The van der Waals surface area contributed by atoms with E-state index in [-0.39, 0.29) is 11.9 Å². The number of urea groups is 1. The molecule has 0 bridgehead atoms. The molecule has 5 nitrogen and oxygen atoms in total. The molecule has 1 aliphatic rings. The number of thiophene rings is 1. The summed E-state index contributed by atoms with van der Waals surface area (Å²) >= 11 is 1.71. The van der Waals surface area contributed by atoms with Crippen LogP contribution in [0.3, 0.4) is 0 Å². The molecule has 0 spiro atoms. The van der Waals surface area contributed by atoms with Crippen molar-refractivity contribution < 1.29 is 14.7 Å². The molecule has 0 fully saturated rings. The highest BCUT2D eigenvalue weighted by Gasteiger charge is 2.29. The van der Waals surface area contributed by atoms with Gasteiger partial charge in [0, 0.05) is 18.0 Å². The normalized spacial score (nSPS) is 17.2. The Bertz CT molecular complexity index is 500. The van der Waals surface area contributed by atoms with Gasteiger partial charge in [-0.2, -0.15) is 0 Å². The van der Waals surface area contributed by atoms with Gasteiger partial charge in [0.2, 0.25) is 0 Å². The number of carbonyl (C=O) groups excluding carboxylic acids is 1. The molecule has 0 aromatic carbocycles. The fourth-order valence-corrected chi connectivity index (χ4v) is 3.22. The van der Waals surface area contributed by atoms with Crippen LogP contribution in [0.2, 0.25) is 0 Å². The third-order valence-electron chi connectivity index (χ3n) is 3.85. The monoisotopic (exact) mass is 296 g/mol. The number of rotatable bonds is 4. The van der Waals surface area contributed by atoms with Crippen molar-refractivity contribution in [1.29, 1.82) is 0 Å². The van der Waals surface area contributed by atoms with Crippen LogP contribution in [0, 0.1) is 5.92 Å². The minimum atomic E-state index is -0.971. The van der Waals surface area contributed by atoms with E-state index < -0.39 is 12.0 Å². The zero-order valence-electron chi connectivity index (χ0n) is 11.8. The molecule has 2 rings (SSSR count). The lowest BCUT2D eigenvalue weighted by Gasteiger charge is -2.29. The molecular weight excluding hydrogens is 276 g/mol. The Hall–Kier alpha value is -1.56. The molecule has 2 unspecified atom stereocenters. The molecule has 0 saturated heterocycles. The Morgan fingerprint density at radius 3 is 2.95 bits per heavy atom. The van der Waals surface area contributed by atoms with Gasteiger partial charge in [-0.1, -0.05) is 20.3 Å². The van der Waals surface area contributed by atoms with Gasteiger partial charge in [0.15, 0.2) is 0 Å². The van der Waals surface area contributed by atoms with Crippen LogP contribution in [0.1, 0.15) is 30.7 Å². The highest BCUT2D eigenvalue weighted by Crippen LogP contribution is 2.24. The number of fused-ring (bicyclic) bond motifs is 1. The lowest BCUT2D eigenvalue weighted by Crippen LogP contribution is -2.51. The molecule has 0 radical (unpaired) electrons. The molecule has 1 aliphatic heterocycles. The summed E-state index contributed by atoms with van der Waals surface area (Å²) in [4.78, 5) is 26.5. The first-order valence-electron chi connectivity index (χ1n) is 6.86. The average molecular weight is 296 g/mol. The van der Waals surface area contributed by atoms with Crippen molar-refractivity contribution in [1.82, 2.24) is 10.2 Å². The van der Waals surface area contributed by atoms with E-state index in [2.05, 4.69) is 5.32 Å². The van der Waals surface area contributed by atoms with E-state index in [1.165, 1.54) is 10.4 Å². The maximum absolute atomic E-state index is 12.2. The molecule has 2 N–H and O–H groups in total. The van der Waals surface area contributed by atoms with Gasteiger partial charge in [0.1, 0.15) is 6.04 Å². The first-order valence-corrected chi connectivity index (χ1v) is 7.74. The van der Waals surface area contributed by atoms with Crippen LogP contribution in [-0.4, -0.2) is 34.6 Å². The van der Waals surface area contributed by atoms with E-state index in [0.29, 0.717) is 19.5 Å². The fourth-order valence-electron chi connectivity index (χ4n) is 2.33. The van der Waals surface area contributed by atoms with Crippen molar-refractivity contribution in [3.05, 3.63) is 21.9 Å². The Morgan fingerprint density at radius 1 is 1.55 bits per heavy atom. The number of carboxylic acid groups (broad SMARTS) is 1. The number of nitrogens with zero attached hydrogens (tertiary/aromatic N) is 1. The predicted octanol–water partition coefficient (Wildman–Crippen LogP) is 2.32. The number of amides is 2. The fraction of sp³-hybridized carbons (Fsp3) is 0.571. The number of aliphatic carboxylic acids is 1. The van der Waals surface area contributed by atoms with E-state index in [4.69, 9.17) is 0 Å². The van der Waals surface area contributed by atoms with Crippen molar-refractivity contribution in [3.8, 4) is 0 Å². The summed E-state index contributed by atoms with van der Waals surface area (Å²) in [5, 5.41) is 13.9. The predicted molar refractivity (Wildman–Crippen MR) is 77.8 cm³/mol. The zero-order valence-corrected chi connectivity index (χ0v) is 12.6. The number of carboxylic acids is 1. The minimum Gasteiger partial charge on any atom is -0.480 e. The molecule has 1 aromatic heterocycles. The molecule has 0 aliphatic carbocycles. The number of hydrogen-bond donors (Lipinski definition) is 2. The van der Waals surface area contributed by atoms with Crippen molar-refractivity contribution in [2.24, 2.45) is 5.92 Å². The Labute approximate surface area is 122 Å². The van der Waals surface area contributed by atoms with Crippen molar-refractivity contribution in [2.75, 3.05) is 6.54 Å². The molecule has 0 saturated carbocycles. The minimum absolute atomic E-state index is 0.0852. The Balaban J connectivity index is 2.00. The second-order valence-electron chi connectivity index (χ2n) is 5.19. The summed E-state index contributed by atoms with van der Waals surface area (Å²) in [7, 11) is 0. The molecule has 20 heavy (non-hydrogen) atoms. The summed E-state index contributed by atoms with van der Waals surface area (Å²) in [6, 6.07) is 0.925. The second-order valence-corrected chi connectivity index (χ2v) is 6.19. The molecule has 2 heterocycles. The van der Waals surface area contributed by atoms with Gasteiger partial charge in [0.05, 0.1) is 0 Å². The summed E-state index contributed by atoms with van der Waals surface area (Å²) in [6.07, 6.45) is 1.56. The highest BCUT2D eigenvalue weighted by atomic mass is 32.1. The van der Waals surface area contributed by atoms with Gasteiger partial charge in [-0.25, -0.2) is 9.59 Å².